The first-order chi connectivity index (χ1) is 12.3. The molecule has 25 heavy (non-hydrogen) atoms. The molecule has 1 aliphatic heterocycles. The maximum atomic E-state index is 6.28. The van der Waals surface area contributed by atoms with Crippen molar-refractivity contribution >= 4 is 11.0 Å². The minimum Gasteiger partial charge on any atom is -0.461 e. The molecule has 0 radical (unpaired) electrons. The van der Waals surface area contributed by atoms with E-state index in [0.717, 1.165) is 67.3 Å². The topological polar surface area (TPSA) is 52.0 Å². The summed E-state index contributed by atoms with van der Waals surface area (Å²) in [5, 5.41) is 3.38. The lowest BCUT2D eigenvalue weighted by Gasteiger charge is -2.23. The molecule has 5 nitrogen and oxygen atoms in total. The van der Waals surface area contributed by atoms with Crippen molar-refractivity contribution in [1.29, 1.82) is 0 Å². The predicted molar refractivity (Wildman–Crippen MR) is 98.9 cm³/mol. The van der Waals surface area contributed by atoms with Crippen molar-refractivity contribution in [3.63, 3.8) is 0 Å². The summed E-state index contributed by atoms with van der Waals surface area (Å²) in [5.74, 6) is 0. The number of rotatable bonds is 5. The number of pyridine rings is 1. The van der Waals surface area contributed by atoms with Crippen LogP contribution < -0.4 is 10.1 Å². The van der Waals surface area contributed by atoms with Crippen LogP contribution in [-0.4, -0.2) is 33.7 Å². The van der Waals surface area contributed by atoms with Crippen LogP contribution in [0.25, 0.3) is 11.0 Å². The van der Waals surface area contributed by atoms with Gasteiger partial charge in [0.15, 0.2) is 0 Å². The first kappa shape index (κ1) is 16.1. The second kappa shape index (κ2) is 7.23. The Morgan fingerprint density at radius 1 is 1.08 bits per heavy atom. The van der Waals surface area contributed by atoms with Crippen LogP contribution in [-0.2, 0) is 13.0 Å². The largest absolute Gasteiger partial charge is 0.461 e. The first-order valence-electron chi connectivity index (χ1n) is 9.05. The fraction of sp³-hybridized carbons (Fsp3) is 0.400. The Hall–Kier alpha value is -2.40. The molecule has 2 aromatic heterocycles. The fourth-order valence-corrected chi connectivity index (χ4v) is 3.39. The smallest absolute Gasteiger partial charge is 0.297 e. The number of aromatic nitrogens is 3. The molecule has 1 aliphatic rings. The summed E-state index contributed by atoms with van der Waals surface area (Å²) < 4.78 is 8.47. The van der Waals surface area contributed by atoms with E-state index in [1.165, 1.54) is 0 Å². The zero-order valence-electron chi connectivity index (χ0n) is 14.6. The average Bonchev–Trinajstić information content (AvgIpc) is 2.98. The zero-order chi connectivity index (χ0) is 17.1. The molecule has 1 aromatic carbocycles. The molecule has 4 rings (SSSR count). The highest BCUT2D eigenvalue weighted by Gasteiger charge is 2.19. The number of aryl methyl sites for hydroxylation is 3. The summed E-state index contributed by atoms with van der Waals surface area (Å²) in [6.45, 7) is 4.87. The Labute approximate surface area is 148 Å². The normalized spacial score (nSPS) is 15.6. The number of nitrogens with zero attached hydrogens (tertiary/aromatic N) is 3. The number of imidazole rings is 1. The van der Waals surface area contributed by atoms with Crippen molar-refractivity contribution in [3.8, 4) is 6.01 Å². The van der Waals surface area contributed by atoms with Crippen LogP contribution in [0.5, 0.6) is 6.01 Å². The van der Waals surface area contributed by atoms with E-state index in [-0.39, 0.29) is 6.10 Å². The van der Waals surface area contributed by atoms with Crippen molar-refractivity contribution in [3.05, 3.63) is 53.9 Å². The van der Waals surface area contributed by atoms with E-state index in [2.05, 4.69) is 39.1 Å². The molecule has 0 aliphatic carbocycles. The van der Waals surface area contributed by atoms with Crippen LogP contribution in [0.2, 0.25) is 0 Å². The number of para-hydroxylation sites is 2. The molecule has 0 unspecified atom stereocenters. The van der Waals surface area contributed by atoms with Gasteiger partial charge in [0.25, 0.3) is 6.01 Å². The lowest BCUT2D eigenvalue weighted by molar-refractivity contribution is 0.143. The Balaban J connectivity index is 1.59. The molecule has 0 spiro atoms. The third kappa shape index (κ3) is 3.66. The van der Waals surface area contributed by atoms with E-state index >= 15 is 0 Å². The predicted octanol–water partition coefficient (Wildman–Crippen LogP) is 3.11. The van der Waals surface area contributed by atoms with E-state index in [0.29, 0.717) is 0 Å². The molecule has 5 heteroatoms. The van der Waals surface area contributed by atoms with E-state index in [1.54, 1.807) is 0 Å². The van der Waals surface area contributed by atoms with Gasteiger partial charge in [-0.15, -0.1) is 0 Å². The number of hydrogen-bond donors (Lipinski definition) is 1. The molecule has 0 atom stereocenters. The van der Waals surface area contributed by atoms with E-state index < -0.39 is 0 Å². The minimum atomic E-state index is 0.244. The van der Waals surface area contributed by atoms with Crippen LogP contribution in [0.1, 0.15) is 24.2 Å². The SMILES string of the molecule is Cc1cccc(CCn2c(OC3CCNCC3)nc3ccccc32)n1. The number of fused-ring (bicyclic) bond motifs is 1. The number of hydrogen-bond acceptors (Lipinski definition) is 4. The van der Waals surface area contributed by atoms with Gasteiger partial charge in [-0.1, -0.05) is 18.2 Å². The van der Waals surface area contributed by atoms with Gasteiger partial charge in [-0.05, 0) is 57.1 Å². The van der Waals surface area contributed by atoms with Gasteiger partial charge in [0.2, 0.25) is 0 Å². The van der Waals surface area contributed by atoms with Gasteiger partial charge in [-0.3, -0.25) is 9.55 Å². The Kier molecular flexibility index (Phi) is 4.65. The molecule has 0 bridgehead atoms. The summed E-state index contributed by atoms with van der Waals surface area (Å²) in [7, 11) is 0. The van der Waals surface area contributed by atoms with Gasteiger partial charge in [-0.25, -0.2) is 0 Å². The fourth-order valence-electron chi connectivity index (χ4n) is 3.39. The average molecular weight is 336 g/mol. The van der Waals surface area contributed by atoms with Crippen molar-refractivity contribution < 1.29 is 4.74 Å². The van der Waals surface area contributed by atoms with E-state index in [9.17, 15) is 0 Å². The Morgan fingerprint density at radius 2 is 1.92 bits per heavy atom. The van der Waals surface area contributed by atoms with Crippen LogP contribution in [0, 0.1) is 6.92 Å². The van der Waals surface area contributed by atoms with Gasteiger partial charge in [0, 0.05) is 24.4 Å². The quantitative estimate of drug-likeness (QED) is 0.778. The zero-order valence-corrected chi connectivity index (χ0v) is 14.6. The van der Waals surface area contributed by atoms with Crippen LogP contribution in [0.4, 0.5) is 0 Å². The third-order valence-corrected chi connectivity index (χ3v) is 4.72. The molecular formula is C20H24N4O. The van der Waals surface area contributed by atoms with Crippen molar-refractivity contribution in [2.24, 2.45) is 0 Å². The molecule has 1 fully saturated rings. The molecule has 0 saturated carbocycles. The second-order valence-electron chi connectivity index (χ2n) is 6.62. The summed E-state index contributed by atoms with van der Waals surface area (Å²) in [5.41, 5.74) is 4.27. The maximum absolute atomic E-state index is 6.28. The summed E-state index contributed by atoms with van der Waals surface area (Å²) in [6, 6.07) is 15.2. The highest BCUT2D eigenvalue weighted by atomic mass is 16.5. The van der Waals surface area contributed by atoms with E-state index in [4.69, 9.17) is 9.72 Å². The molecule has 0 amide bonds. The lowest BCUT2D eigenvalue weighted by atomic mass is 10.1. The molecule has 1 N–H and O–H groups in total. The molecule has 130 valence electrons. The Morgan fingerprint density at radius 3 is 2.76 bits per heavy atom. The van der Waals surface area contributed by atoms with Gasteiger partial charge in [-0.2, -0.15) is 4.98 Å². The van der Waals surface area contributed by atoms with Gasteiger partial charge in [0.05, 0.1) is 11.0 Å². The highest BCUT2D eigenvalue weighted by Crippen LogP contribution is 2.24. The number of ether oxygens (including phenoxy) is 1. The minimum absolute atomic E-state index is 0.244. The highest BCUT2D eigenvalue weighted by molar-refractivity contribution is 5.76. The summed E-state index contributed by atoms with van der Waals surface area (Å²) in [6.07, 6.45) is 3.17. The lowest BCUT2D eigenvalue weighted by Crippen LogP contribution is -2.34. The number of benzene rings is 1. The van der Waals surface area contributed by atoms with Crippen LogP contribution in [0.15, 0.2) is 42.5 Å². The third-order valence-electron chi connectivity index (χ3n) is 4.72. The van der Waals surface area contributed by atoms with Crippen molar-refractivity contribution in [1.82, 2.24) is 19.9 Å². The number of piperidine rings is 1. The van der Waals surface area contributed by atoms with Crippen LogP contribution >= 0.6 is 0 Å². The second-order valence-corrected chi connectivity index (χ2v) is 6.62. The number of nitrogens with one attached hydrogen (secondary N) is 1. The van der Waals surface area contributed by atoms with Gasteiger partial charge < -0.3 is 10.1 Å². The standard InChI is InChI=1S/C20H24N4O/c1-15-5-4-6-16(22-15)11-14-24-19-8-3-2-7-18(19)23-20(24)25-17-9-12-21-13-10-17/h2-8,17,21H,9-14H2,1H3. The molecular weight excluding hydrogens is 312 g/mol. The molecule has 3 heterocycles. The molecule has 3 aromatic rings. The van der Waals surface area contributed by atoms with E-state index in [1.807, 2.05) is 25.1 Å². The summed E-state index contributed by atoms with van der Waals surface area (Å²) >= 11 is 0. The van der Waals surface area contributed by atoms with Crippen molar-refractivity contribution in [2.75, 3.05) is 13.1 Å². The van der Waals surface area contributed by atoms with Gasteiger partial charge in [0.1, 0.15) is 6.10 Å². The summed E-state index contributed by atoms with van der Waals surface area (Å²) in [4.78, 5) is 9.35. The monoisotopic (exact) mass is 336 g/mol. The molecule has 1 saturated heterocycles. The van der Waals surface area contributed by atoms with Crippen LogP contribution in [0.3, 0.4) is 0 Å². The Bertz CT molecular complexity index is 852. The van der Waals surface area contributed by atoms with Gasteiger partial charge >= 0.3 is 0 Å². The van der Waals surface area contributed by atoms with Crippen molar-refractivity contribution in [2.45, 2.75) is 38.8 Å². The first-order valence-corrected chi connectivity index (χ1v) is 9.05. The maximum Gasteiger partial charge on any atom is 0.297 e.